The highest BCUT2D eigenvalue weighted by Crippen LogP contribution is 2.20. The lowest BCUT2D eigenvalue weighted by Gasteiger charge is -2.29. The van der Waals surface area contributed by atoms with Crippen molar-refractivity contribution in [2.45, 2.75) is 38.5 Å². The fraction of sp³-hybridized carbons (Fsp3) is 0.579. The van der Waals surface area contributed by atoms with Gasteiger partial charge in [-0.3, -0.25) is 4.79 Å². The number of aromatic nitrogens is 2. The molecule has 6 heteroatoms. The molecule has 136 valence electrons. The number of fused-ring (bicyclic) bond motifs is 1. The van der Waals surface area contributed by atoms with Crippen LogP contribution in [-0.4, -0.2) is 47.5 Å². The normalized spacial score (nSPS) is 18.6. The molecule has 0 bridgehead atoms. The van der Waals surface area contributed by atoms with E-state index in [1.165, 1.54) is 19.4 Å². The molecule has 2 heterocycles. The monoisotopic (exact) mass is 362 g/mol. The summed E-state index contributed by atoms with van der Waals surface area (Å²) in [6.45, 7) is 3.02. The van der Waals surface area contributed by atoms with Gasteiger partial charge in [-0.05, 0) is 63.4 Å². The van der Waals surface area contributed by atoms with Crippen molar-refractivity contribution in [1.82, 2.24) is 20.2 Å². The van der Waals surface area contributed by atoms with Gasteiger partial charge in [-0.1, -0.05) is 11.6 Å². The third-order valence-electron chi connectivity index (χ3n) is 4.91. The number of imidazole rings is 1. The van der Waals surface area contributed by atoms with Gasteiger partial charge in [0.15, 0.2) is 0 Å². The number of hydrogen-bond donors (Lipinski definition) is 2. The number of halogens is 1. The van der Waals surface area contributed by atoms with Gasteiger partial charge in [0.25, 0.3) is 0 Å². The van der Waals surface area contributed by atoms with Crippen LogP contribution in [0.1, 0.15) is 37.9 Å². The Kier molecular flexibility index (Phi) is 6.32. The van der Waals surface area contributed by atoms with Gasteiger partial charge in [-0.2, -0.15) is 0 Å². The maximum absolute atomic E-state index is 12.0. The summed E-state index contributed by atoms with van der Waals surface area (Å²) in [5.41, 5.74) is 1.89. The summed E-state index contributed by atoms with van der Waals surface area (Å²) in [7, 11) is 2.16. The molecule has 1 aliphatic heterocycles. The van der Waals surface area contributed by atoms with Crippen molar-refractivity contribution in [3.63, 3.8) is 0 Å². The molecule has 2 aromatic rings. The van der Waals surface area contributed by atoms with E-state index in [0.717, 1.165) is 42.7 Å². The highest BCUT2D eigenvalue weighted by Gasteiger charge is 2.17. The van der Waals surface area contributed by atoms with Crippen molar-refractivity contribution in [1.29, 1.82) is 0 Å². The quantitative estimate of drug-likeness (QED) is 0.742. The largest absolute Gasteiger partial charge is 0.356 e. The summed E-state index contributed by atoms with van der Waals surface area (Å²) in [6, 6.07) is 5.65. The number of nitrogens with zero attached hydrogens (tertiary/aromatic N) is 2. The lowest BCUT2D eigenvalue weighted by molar-refractivity contribution is -0.121. The van der Waals surface area contributed by atoms with Crippen LogP contribution in [0.2, 0.25) is 5.02 Å². The van der Waals surface area contributed by atoms with Gasteiger partial charge in [0, 0.05) is 31.0 Å². The van der Waals surface area contributed by atoms with Crippen LogP contribution >= 0.6 is 11.6 Å². The predicted octanol–water partition coefficient (Wildman–Crippen LogP) is 3.39. The minimum Gasteiger partial charge on any atom is -0.356 e. The van der Waals surface area contributed by atoms with Crippen LogP contribution in [-0.2, 0) is 11.2 Å². The molecule has 1 atom stereocenters. The molecule has 3 rings (SSSR count). The van der Waals surface area contributed by atoms with Gasteiger partial charge < -0.3 is 15.2 Å². The van der Waals surface area contributed by atoms with Crippen LogP contribution in [0.3, 0.4) is 0 Å². The first kappa shape index (κ1) is 18.2. The first-order chi connectivity index (χ1) is 12.1. The molecule has 1 fully saturated rings. The number of likely N-dealkylation sites (tertiary alicyclic amines) is 1. The Morgan fingerprint density at radius 1 is 1.48 bits per heavy atom. The lowest BCUT2D eigenvalue weighted by atomic mass is 9.93. The van der Waals surface area contributed by atoms with Crippen LogP contribution in [0.15, 0.2) is 18.2 Å². The van der Waals surface area contributed by atoms with E-state index in [4.69, 9.17) is 11.6 Å². The Labute approximate surface area is 154 Å². The number of aromatic amines is 1. The molecule has 0 aliphatic carbocycles. The third-order valence-corrected chi connectivity index (χ3v) is 5.14. The number of carbonyl (C=O) groups is 1. The summed E-state index contributed by atoms with van der Waals surface area (Å²) in [4.78, 5) is 22.2. The first-order valence-electron chi connectivity index (χ1n) is 9.19. The van der Waals surface area contributed by atoms with E-state index in [1.54, 1.807) is 0 Å². The molecule has 1 aromatic carbocycles. The number of nitrogens with one attached hydrogen (secondary N) is 2. The first-order valence-corrected chi connectivity index (χ1v) is 9.57. The van der Waals surface area contributed by atoms with E-state index < -0.39 is 0 Å². The van der Waals surface area contributed by atoms with Crippen molar-refractivity contribution >= 4 is 28.5 Å². The molecule has 1 unspecified atom stereocenters. The minimum absolute atomic E-state index is 0.171. The average Bonchev–Trinajstić information content (AvgIpc) is 2.99. The molecule has 25 heavy (non-hydrogen) atoms. The van der Waals surface area contributed by atoms with Crippen LogP contribution in [0.5, 0.6) is 0 Å². The van der Waals surface area contributed by atoms with Crippen LogP contribution < -0.4 is 5.32 Å². The van der Waals surface area contributed by atoms with Gasteiger partial charge in [0.05, 0.1) is 11.0 Å². The number of amides is 1. The lowest BCUT2D eigenvalue weighted by Crippen LogP contribution is -2.33. The summed E-state index contributed by atoms with van der Waals surface area (Å²) >= 11 is 5.99. The van der Waals surface area contributed by atoms with Crippen molar-refractivity contribution in [3.05, 3.63) is 29.0 Å². The van der Waals surface area contributed by atoms with E-state index >= 15 is 0 Å². The number of rotatable bonds is 7. The summed E-state index contributed by atoms with van der Waals surface area (Å²) < 4.78 is 0. The highest BCUT2D eigenvalue weighted by molar-refractivity contribution is 6.31. The smallest absolute Gasteiger partial charge is 0.220 e. The summed E-state index contributed by atoms with van der Waals surface area (Å²) in [6.07, 6.45) is 5.85. The number of aryl methyl sites for hydroxylation is 1. The number of hydrogen-bond acceptors (Lipinski definition) is 3. The summed E-state index contributed by atoms with van der Waals surface area (Å²) in [5, 5.41) is 3.74. The zero-order valence-corrected chi connectivity index (χ0v) is 15.6. The van der Waals surface area contributed by atoms with Crippen molar-refractivity contribution in [2.24, 2.45) is 5.92 Å². The van der Waals surface area contributed by atoms with Gasteiger partial charge in [0.2, 0.25) is 5.91 Å². The molecule has 0 radical (unpaired) electrons. The number of H-pyrrole nitrogens is 1. The standard InChI is InChI=1S/C19H27ClN4O/c1-24-11-3-4-14(13-24)6-9-19(25)21-10-2-5-18-22-16-8-7-15(20)12-17(16)23-18/h7-8,12,14H,2-6,9-11,13H2,1H3,(H,21,25)(H,22,23). The van der Waals surface area contributed by atoms with Gasteiger partial charge in [-0.15, -0.1) is 0 Å². The Balaban J connectivity index is 1.34. The molecule has 1 saturated heterocycles. The highest BCUT2D eigenvalue weighted by atomic mass is 35.5. The molecule has 0 spiro atoms. The maximum Gasteiger partial charge on any atom is 0.220 e. The predicted molar refractivity (Wildman–Crippen MR) is 102 cm³/mol. The van der Waals surface area contributed by atoms with E-state index in [1.807, 2.05) is 18.2 Å². The maximum atomic E-state index is 12.0. The van der Waals surface area contributed by atoms with Crippen molar-refractivity contribution < 1.29 is 4.79 Å². The Morgan fingerprint density at radius 3 is 3.20 bits per heavy atom. The second-order valence-corrected chi connectivity index (χ2v) is 7.54. The SMILES string of the molecule is CN1CCCC(CCC(=O)NCCCc2nc3ccc(Cl)cc3[nH]2)C1. The van der Waals surface area contributed by atoms with E-state index in [-0.39, 0.29) is 5.91 Å². The Hall–Kier alpha value is -1.59. The zero-order chi connectivity index (χ0) is 17.6. The molecule has 1 amide bonds. The summed E-state index contributed by atoms with van der Waals surface area (Å²) in [5.74, 6) is 1.79. The number of piperidine rings is 1. The zero-order valence-electron chi connectivity index (χ0n) is 14.9. The van der Waals surface area contributed by atoms with E-state index in [9.17, 15) is 4.79 Å². The molecule has 1 aromatic heterocycles. The van der Waals surface area contributed by atoms with Gasteiger partial charge >= 0.3 is 0 Å². The molecular weight excluding hydrogens is 336 g/mol. The van der Waals surface area contributed by atoms with E-state index in [2.05, 4.69) is 27.2 Å². The fourth-order valence-corrected chi connectivity index (χ4v) is 3.74. The van der Waals surface area contributed by atoms with Crippen LogP contribution in [0, 0.1) is 5.92 Å². The molecule has 2 N–H and O–H groups in total. The second kappa shape index (κ2) is 8.68. The number of benzene rings is 1. The molecule has 1 aliphatic rings. The number of carbonyl (C=O) groups excluding carboxylic acids is 1. The molecule has 5 nitrogen and oxygen atoms in total. The van der Waals surface area contributed by atoms with Crippen molar-refractivity contribution in [2.75, 3.05) is 26.7 Å². The van der Waals surface area contributed by atoms with Crippen LogP contribution in [0.25, 0.3) is 11.0 Å². The van der Waals surface area contributed by atoms with E-state index in [0.29, 0.717) is 23.9 Å². The van der Waals surface area contributed by atoms with Crippen LogP contribution in [0.4, 0.5) is 0 Å². The topological polar surface area (TPSA) is 61.0 Å². The fourth-order valence-electron chi connectivity index (χ4n) is 3.57. The van der Waals surface area contributed by atoms with Crippen molar-refractivity contribution in [3.8, 4) is 0 Å². The Bertz CT molecular complexity index is 715. The average molecular weight is 363 g/mol. The van der Waals surface area contributed by atoms with Gasteiger partial charge in [0.1, 0.15) is 5.82 Å². The minimum atomic E-state index is 0.171. The second-order valence-electron chi connectivity index (χ2n) is 7.11. The van der Waals surface area contributed by atoms with Gasteiger partial charge in [-0.25, -0.2) is 4.98 Å². The Morgan fingerprint density at radius 2 is 2.36 bits per heavy atom. The third kappa shape index (κ3) is 5.44. The molecular formula is C19H27ClN4O. The molecule has 0 saturated carbocycles.